The van der Waals surface area contributed by atoms with Crippen molar-refractivity contribution in [3.63, 3.8) is 0 Å². The summed E-state index contributed by atoms with van der Waals surface area (Å²) in [5.41, 5.74) is 0.692. The summed E-state index contributed by atoms with van der Waals surface area (Å²) in [4.78, 5) is 11.4. The molecule has 0 aliphatic carbocycles. The zero-order valence-corrected chi connectivity index (χ0v) is 13.2. The molecule has 0 unspecified atom stereocenters. The molecule has 1 aromatic carbocycles. The van der Waals surface area contributed by atoms with Gasteiger partial charge in [-0.2, -0.15) is 0 Å². The zero-order chi connectivity index (χ0) is 14.3. The van der Waals surface area contributed by atoms with Crippen LogP contribution < -0.4 is 5.32 Å². The van der Waals surface area contributed by atoms with Crippen molar-refractivity contribution >= 4 is 28.1 Å². The van der Waals surface area contributed by atoms with Crippen molar-refractivity contribution in [3.05, 3.63) is 40.4 Å². The van der Waals surface area contributed by atoms with Crippen LogP contribution in [0.5, 0.6) is 0 Å². The highest BCUT2D eigenvalue weighted by atomic mass is 79.9. The molecule has 1 aromatic rings. The molecular formula is C15H20BrNO2. The second-order valence-corrected chi connectivity index (χ2v) is 6.09. The van der Waals surface area contributed by atoms with E-state index in [0.717, 1.165) is 16.5 Å². The molecule has 3 nitrogen and oxygen atoms in total. The summed E-state index contributed by atoms with van der Waals surface area (Å²) < 4.78 is 6.20. The molecule has 0 atom stereocenters. The van der Waals surface area contributed by atoms with Gasteiger partial charge in [-0.1, -0.05) is 40.2 Å². The van der Waals surface area contributed by atoms with Crippen molar-refractivity contribution in [3.8, 4) is 0 Å². The topological polar surface area (TPSA) is 38.3 Å². The van der Waals surface area contributed by atoms with Crippen molar-refractivity contribution in [2.75, 3.05) is 6.54 Å². The van der Waals surface area contributed by atoms with Crippen molar-refractivity contribution in [2.24, 2.45) is 0 Å². The maximum Gasteiger partial charge on any atom is 0.407 e. The average molecular weight is 326 g/mol. The van der Waals surface area contributed by atoms with Gasteiger partial charge in [0.15, 0.2) is 0 Å². The third-order valence-corrected chi connectivity index (χ3v) is 2.69. The molecule has 1 rings (SSSR count). The van der Waals surface area contributed by atoms with Crippen LogP contribution in [0.1, 0.15) is 32.8 Å². The van der Waals surface area contributed by atoms with Crippen LogP contribution in [0.15, 0.2) is 34.8 Å². The average Bonchev–Trinajstić information content (AvgIpc) is 2.29. The van der Waals surface area contributed by atoms with E-state index in [-0.39, 0.29) is 6.09 Å². The van der Waals surface area contributed by atoms with Gasteiger partial charge in [0.05, 0.1) is 0 Å². The lowest BCUT2D eigenvalue weighted by atomic mass is 10.2. The number of carbonyl (C=O) groups is 1. The Bertz CT molecular complexity index is 432. The molecule has 0 aliphatic heterocycles. The minimum atomic E-state index is -0.447. The number of hydrogen-bond donors (Lipinski definition) is 1. The number of rotatable bonds is 4. The highest BCUT2D eigenvalue weighted by Gasteiger charge is 2.14. The van der Waals surface area contributed by atoms with Crippen LogP contribution in [0.25, 0.3) is 6.08 Å². The van der Waals surface area contributed by atoms with E-state index in [2.05, 4.69) is 21.2 Å². The second-order valence-electron chi connectivity index (χ2n) is 5.17. The fraction of sp³-hybridized carbons (Fsp3) is 0.400. The highest BCUT2D eigenvalue weighted by molar-refractivity contribution is 9.10. The Balaban J connectivity index is 2.24. The summed E-state index contributed by atoms with van der Waals surface area (Å²) in [7, 11) is 0. The van der Waals surface area contributed by atoms with E-state index in [4.69, 9.17) is 4.74 Å². The number of ether oxygens (including phenoxy) is 1. The summed E-state index contributed by atoms with van der Waals surface area (Å²) in [6, 6.07) is 8.06. The lowest BCUT2D eigenvalue weighted by Crippen LogP contribution is -2.32. The minimum Gasteiger partial charge on any atom is -0.444 e. The fourth-order valence-corrected chi connectivity index (χ4v) is 1.63. The molecular weight excluding hydrogens is 306 g/mol. The van der Waals surface area contributed by atoms with E-state index in [1.54, 1.807) is 0 Å². The number of hydrogen-bond acceptors (Lipinski definition) is 2. The largest absolute Gasteiger partial charge is 0.444 e. The van der Waals surface area contributed by atoms with Gasteiger partial charge in [0, 0.05) is 11.0 Å². The SMILES string of the molecule is CC(C)(C)OC(=O)NCCC=Cc1ccc(Br)cc1. The third kappa shape index (κ3) is 7.67. The fourth-order valence-electron chi connectivity index (χ4n) is 1.37. The van der Waals surface area contributed by atoms with E-state index < -0.39 is 5.60 Å². The van der Waals surface area contributed by atoms with Crippen LogP contribution in [0.2, 0.25) is 0 Å². The molecule has 0 aliphatic rings. The number of halogens is 1. The summed E-state index contributed by atoms with van der Waals surface area (Å²) >= 11 is 3.39. The Morgan fingerprint density at radius 3 is 2.53 bits per heavy atom. The molecule has 19 heavy (non-hydrogen) atoms. The molecule has 0 bridgehead atoms. The zero-order valence-electron chi connectivity index (χ0n) is 11.6. The van der Waals surface area contributed by atoms with Gasteiger partial charge in [-0.3, -0.25) is 0 Å². The maximum absolute atomic E-state index is 11.4. The summed E-state index contributed by atoms with van der Waals surface area (Å²) in [5.74, 6) is 0. The lowest BCUT2D eigenvalue weighted by molar-refractivity contribution is 0.0529. The molecule has 0 spiro atoms. The van der Waals surface area contributed by atoms with Crippen molar-refractivity contribution in [1.82, 2.24) is 5.32 Å². The molecule has 1 N–H and O–H groups in total. The van der Waals surface area contributed by atoms with Gasteiger partial charge in [-0.25, -0.2) is 4.79 Å². The van der Waals surface area contributed by atoms with E-state index >= 15 is 0 Å². The number of nitrogens with one attached hydrogen (secondary N) is 1. The van der Waals surface area contributed by atoms with E-state index in [9.17, 15) is 4.79 Å². The third-order valence-electron chi connectivity index (χ3n) is 2.16. The first-order valence-corrected chi connectivity index (χ1v) is 7.05. The van der Waals surface area contributed by atoms with Gasteiger partial charge >= 0.3 is 6.09 Å². The molecule has 0 aromatic heterocycles. The summed E-state index contributed by atoms with van der Waals surface area (Å²) in [6.45, 7) is 6.11. The first-order valence-electron chi connectivity index (χ1n) is 6.26. The standard InChI is InChI=1S/C15H20BrNO2/c1-15(2,3)19-14(18)17-11-5-4-6-12-7-9-13(16)10-8-12/h4,6-10H,5,11H2,1-3H3,(H,17,18). The molecule has 1 amide bonds. The number of amides is 1. The number of carbonyl (C=O) groups excluding carboxylic acids is 1. The maximum atomic E-state index is 11.4. The predicted molar refractivity (Wildman–Crippen MR) is 82.0 cm³/mol. The van der Waals surface area contributed by atoms with Gasteiger partial charge in [0.25, 0.3) is 0 Å². The Kier molecular flexibility index (Phi) is 6.09. The molecule has 0 radical (unpaired) electrons. The van der Waals surface area contributed by atoms with E-state index in [0.29, 0.717) is 6.54 Å². The lowest BCUT2D eigenvalue weighted by Gasteiger charge is -2.19. The molecule has 104 valence electrons. The van der Waals surface area contributed by atoms with Crippen LogP contribution in [0.3, 0.4) is 0 Å². The first kappa shape index (κ1) is 15.8. The van der Waals surface area contributed by atoms with Gasteiger partial charge < -0.3 is 10.1 Å². The van der Waals surface area contributed by atoms with Crippen molar-refractivity contribution < 1.29 is 9.53 Å². The second kappa shape index (κ2) is 7.34. The summed E-state index contributed by atoms with van der Waals surface area (Å²) in [6.07, 6.45) is 4.46. The van der Waals surface area contributed by atoms with Gasteiger partial charge in [0.1, 0.15) is 5.60 Å². The molecule has 0 fully saturated rings. The molecule has 0 saturated heterocycles. The normalized spacial score (nSPS) is 11.6. The van der Waals surface area contributed by atoms with Crippen LogP contribution in [0.4, 0.5) is 4.79 Å². The smallest absolute Gasteiger partial charge is 0.407 e. The Labute approximate surface area is 123 Å². The number of benzene rings is 1. The van der Waals surface area contributed by atoms with E-state index in [1.165, 1.54) is 0 Å². The van der Waals surface area contributed by atoms with Crippen LogP contribution >= 0.6 is 15.9 Å². The van der Waals surface area contributed by atoms with Gasteiger partial charge in [-0.15, -0.1) is 0 Å². The predicted octanol–water partition coefficient (Wildman–Crippen LogP) is 4.38. The summed E-state index contributed by atoms with van der Waals surface area (Å²) in [5, 5.41) is 2.71. The van der Waals surface area contributed by atoms with Crippen molar-refractivity contribution in [1.29, 1.82) is 0 Å². The first-order chi connectivity index (χ1) is 8.87. The monoisotopic (exact) mass is 325 g/mol. The quantitative estimate of drug-likeness (QED) is 0.834. The van der Waals surface area contributed by atoms with Gasteiger partial charge in [-0.05, 0) is 44.9 Å². The van der Waals surface area contributed by atoms with Crippen LogP contribution in [0, 0.1) is 0 Å². The highest BCUT2D eigenvalue weighted by Crippen LogP contribution is 2.11. The Hall–Kier alpha value is -1.29. The van der Waals surface area contributed by atoms with E-state index in [1.807, 2.05) is 57.2 Å². The van der Waals surface area contributed by atoms with Crippen LogP contribution in [-0.2, 0) is 4.74 Å². The number of alkyl carbamates (subject to hydrolysis) is 1. The van der Waals surface area contributed by atoms with Crippen molar-refractivity contribution in [2.45, 2.75) is 32.8 Å². The molecule has 0 heterocycles. The Morgan fingerprint density at radius 1 is 1.32 bits per heavy atom. The van der Waals surface area contributed by atoms with Gasteiger partial charge in [0.2, 0.25) is 0 Å². The Morgan fingerprint density at radius 2 is 1.95 bits per heavy atom. The minimum absolute atomic E-state index is 0.371. The molecule has 4 heteroatoms. The molecule has 0 saturated carbocycles. The van der Waals surface area contributed by atoms with Crippen LogP contribution in [-0.4, -0.2) is 18.2 Å².